The molecule has 4 aromatic rings. The second-order valence-electron chi connectivity index (χ2n) is 19.0. The summed E-state index contributed by atoms with van der Waals surface area (Å²) < 4.78 is 57.8. The fraction of sp³-hybridized carbons (Fsp3) is 0.286. The van der Waals surface area contributed by atoms with E-state index in [0.717, 1.165) is 20.7 Å². The van der Waals surface area contributed by atoms with Crippen LogP contribution in [0.4, 0.5) is 0 Å². The molecule has 4 aromatic carbocycles. The molecule has 1 aliphatic rings. The molecule has 0 unspecified atom stereocenters. The van der Waals surface area contributed by atoms with Crippen molar-refractivity contribution in [1.82, 2.24) is 0 Å². The molecule has 0 atom stereocenters. The Balaban J connectivity index is 1.45. The maximum Gasteiger partial charge on any atom is 0.317 e. The first-order valence-corrected chi connectivity index (χ1v) is 43.6. The van der Waals surface area contributed by atoms with Gasteiger partial charge in [-0.3, -0.25) is 0 Å². The van der Waals surface area contributed by atoms with E-state index in [-0.39, 0.29) is 0 Å². The lowest BCUT2D eigenvalue weighted by Crippen LogP contribution is -2.67. The average molecular weight is 1110 g/mol. The molecule has 0 N–H and O–H groups in total. The number of rotatable bonds is 32. The van der Waals surface area contributed by atoms with Gasteiger partial charge in [-0.25, -0.2) is 0 Å². The first-order chi connectivity index (χ1) is 34.6. The molecule has 0 spiro atoms. The van der Waals surface area contributed by atoms with Crippen molar-refractivity contribution in [2.24, 2.45) is 0 Å². The summed E-state index contributed by atoms with van der Waals surface area (Å²) in [5.74, 6) is 0. The second kappa shape index (κ2) is 27.1. The molecule has 72 heavy (non-hydrogen) atoms. The molecule has 8 nitrogen and oxygen atoms in total. The van der Waals surface area contributed by atoms with E-state index in [4.69, 9.17) is 34.2 Å². The third kappa shape index (κ3) is 15.2. The molecule has 5 rings (SSSR count). The SMILES string of the molecule is C=C[Si](C=C)(OCCC[Si]1(C)O[Si](C)(CCCO[Si](C=C)(C=C)c2ccccc2)O[Si](C)(CCCO[Si](C=C)(C=C)c2ccccc2)O[Si](C)(CCCO[Si](C=C)(C=C)c2ccccc2)O1)c1ccccc1. The first-order valence-electron chi connectivity index (χ1n) is 25.2. The van der Waals surface area contributed by atoms with Gasteiger partial charge in [0.15, 0.2) is 0 Å². The molecule has 1 saturated heterocycles. The monoisotopic (exact) mass is 1100 g/mol. The largest absolute Gasteiger partial charge is 0.416 e. The minimum Gasteiger partial charge on any atom is -0.416 e. The molecular weight excluding hydrogens is 1030 g/mol. The van der Waals surface area contributed by atoms with Crippen molar-refractivity contribution in [3.63, 3.8) is 0 Å². The quantitative estimate of drug-likeness (QED) is 0.0354. The van der Waals surface area contributed by atoms with Gasteiger partial charge in [-0.15, -0.1) is 52.6 Å². The van der Waals surface area contributed by atoms with Crippen molar-refractivity contribution in [2.75, 3.05) is 26.4 Å². The highest BCUT2D eigenvalue weighted by atomic mass is 28.5. The van der Waals surface area contributed by atoms with E-state index in [1.165, 1.54) is 0 Å². The molecule has 384 valence electrons. The zero-order valence-corrected chi connectivity index (χ0v) is 51.6. The van der Waals surface area contributed by atoms with Crippen LogP contribution in [-0.4, -0.2) is 93.9 Å². The molecular formula is C56H80O8Si8. The van der Waals surface area contributed by atoms with Crippen LogP contribution in [0.15, 0.2) is 220 Å². The Morgan fingerprint density at radius 3 is 0.639 bits per heavy atom. The normalized spacial score (nSPS) is 21.8. The summed E-state index contributed by atoms with van der Waals surface area (Å²) in [7, 11) is -22.9. The fourth-order valence-electron chi connectivity index (χ4n) is 9.73. The first kappa shape index (κ1) is 59.1. The second-order valence-corrected chi connectivity index (χ2v) is 46.4. The molecule has 16 heteroatoms. The highest BCUT2D eigenvalue weighted by Gasteiger charge is 2.56. The Labute approximate surface area is 441 Å². The number of hydrogen-bond donors (Lipinski definition) is 0. The van der Waals surface area contributed by atoms with E-state index in [9.17, 15) is 0 Å². The smallest absolute Gasteiger partial charge is 0.317 e. The molecule has 0 amide bonds. The summed E-state index contributed by atoms with van der Waals surface area (Å²) in [6.45, 7) is 44.5. The van der Waals surface area contributed by atoms with Crippen molar-refractivity contribution in [1.29, 1.82) is 0 Å². The Morgan fingerprint density at radius 1 is 0.319 bits per heavy atom. The van der Waals surface area contributed by atoms with E-state index >= 15 is 0 Å². The van der Waals surface area contributed by atoms with Crippen LogP contribution in [-0.2, 0) is 34.2 Å². The predicted octanol–water partition coefficient (Wildman–Crippen LogP) is 11.2. The molecule has 0 saturated carbocycles. The van der Waals surface area contributed by atoms with Crippen LogP contribution in [0.5, 0.6) is 0 Å². The van der Waals surface area contributed by atoms with Crippen molar-refractivity contribution in [3.8, 4) is 0 Å². The fourth-order valence-corrected chi connectivity index (χ4v) is 41.9. The van der Waals surface area contributed by atoms with Crippen molar-refractivity contribution < 1.29 is 34.2 Å². The van der Waals surface area contributed by atoms with Crippen LogP contribution < -0.4 is 20.7 Å². The van der Waals surface area contributed by atoms with Gasteiger partial charge in [0.05, 0.1) is 0 Å². The number of hydrogen-bond acceptors (Lipinski definition) is 8. The third-order valence-electron chi connectivity index (χ3n) is 13.5. The lowest BCUT2D eigenvalue weighted by molar-refractivity contribution is 0.211. The van der Waals surface area contributed by atoms with E-state index in [1.807, 2.05) is 118 Å². The summed E-state index contributed by atoms with van der Waals surface area (Å²) in [5, 5.41) is 4.44. The van der Waals surface area contributed by atoms with Crippen LogP contribution in [0.1, 0.15) is 25.7 Å². The minimum atomic E-state index is -3.08. The third-order valence-corrected chi connectivity index (χ3v) is 44.9. The van der Waals surface area contributed by atoms with Crippen molar-refractivity contribution in [3.05, 3.63) is 220 Å². The molecule has 0 aliphatic carbocycles. The van der Waals surface area contributed by atoms with Crippen molar-refractivity contribution in [2.45, 2.75) is 76.0 Å². The van der Waals surface area contributed by atoms with Gasteiger partial charge in [0.2, 0.25) is 0 Å². The van der Waals surface area contributed by atoms with Gasteiger partial charge in [-0.1, -0.05) is 167 Å². The van der Waals surface area contributed by atoms with Crippen LogP contribution >= 0.6 is 0 Å². The average Bonchev–Trinajstić information content (AvgIpc) is 3.40. The van der Waals surface area contributed by atoms with Crippen LogP contribution in [0, 0.1) is 0 Å². The number of benzene rings is 4. The Morgan fingerprint density at radius 2 is 0.486 bits per heavy atom. The molecule has 1 fully saturated rings. The van der Waals surface area contributed by atoms with Gasteiger partial charge in [0, 0.05) is 26.4 Å². The predicted molar refractivity (Wildman–Crippen MR) is 321 cm³/mol. The summed E-state index contributed by atoms with van der Waals surface area (Å²) in [4.78, 5) is 0. The van der Waals surface area contributed by atoms with Gasteiger partial charge in [0.1, 0.15) is 0 Å². The standard InChI is InChI=1S/C56H80O8Si8/c1-13-69(14-2,53-37-25-21-26-38-53)57-45-33-49-65(9)61-66(10,50-34-46-58-70(15-3,16-4)54-39-27-22-28-40-54)63-68(12,52-36-48-60-72(19-7,20-8)56-43-31-24-32-44-56)64-67(11,62-65)51-35-47-59-71(17-5,18-6)55-41-29-23-30-42-55/h13-32,37-44H,1-8,33-36,45-52H2,9-12H3. The van der Waals surface area contributed by atoms with Crippen LogP contribution in [0.25, 0.3) is 0 Å². The lowest BCUT2D eigenvalue weighted by atomic mass is 10.4. The van der Waals surface area contributed by atoms with Gasteiger partial charge < -0.3 is 34.2 Å². The summed E-state index contributed by atoms with van der Waals surface area (Å²) in [5.41, 5.74) is 15.6. The van der Waals surface area contributed by atoms with E-state index in [0.29, 0.717) is 76.3 Å². The van der Waals surface area contributed by atoms with Crippen LogP contribution in [0.2, 0.25) is 50.4 Å². The van der Waals surface area contributed by atoms with Gasteiger partial charge in [-0.05, 0) is 96.8 Å². The summed E-state index contributed by atoms with van der Waals surface area (Å²) in [6.07, 6.45) is 2.86. The summed E-state index contributed by atoms with van der Waals surface area (Å²) in [6, 6.07) is 43.9. The van der Waals surface area contributed by atoms with Gasteiger partial charge in [-0.2, -0.15) is 0 Å². The molecule has 0 bridgehead atoms. The molecule has 0 radical (unpaired) electrons. The highest BCUT2D eigenvalue weighted by Crippen LogP contribution is 2.39. The lowest BCUT2D eigenvalue weighted by Gasteiger charge is -2.50. The van der Waals surface area contributed by atoms with Gasteiger partial charge >= 0.3 is 34.2 Å². The highest BCUT2D eigenvalue weighted by molar-refractivity contribution is 6.97. The Kier molecular flexibility index (Phi) is 22.3. The van der Waals surface area contributed by atoms with Crippen molar-refractivity contribution >= 4 is 88.3 Å². The van der Waals surface area contributed by atoms with E-state index < -0.39 is 67.5 Å². The Bertz CT molecular complexity index is 2020. The molecule has 0 aromatic heterocycles. The topological polar surface area (TPSA) is 73.8 Å². The zero-order valence-electron chi connectivity index (χ0n) is 43.6. The van der Waals surface area contributed by atoms with E-state index in [1.54, 1.807) is 0 Å². The maximum atomic E-state index is 7.65. The minimum absolute atomic E-state index is 0.495. The van der Waals surface area contributed by atoms with Crippen LogP contribution in [0.3, 0.4) is 0 Å². The zero-order chi connectivity index (χ0) is 52.3. The summed E-state index contributed by atoms with van der Waals surface area (Å²) >= 11 is 0. The van der Waals surface area contributed by atoms with Gasteiger partial charge in [0.25, 0.3) is 33.3 Å². The van der Waals surface area contributed by atoms with E-state index in [2.05, 4.69) is 127 Å². The molecule has 1 aliphatic heterocycles. The molecule has 1 heterocycles. The maximum absolute atomic E-state index is 7.65. The Hall–Kier alpha value is -3.78.